The Balaban J connectivity index is 1.41. The number of Topliss-reactive ketones (excluding diaryl/α,β-unsaturated/α-hetero) is 1. The van der Waals surface area contributed by atoms with Crippen molar-refractivity contribution in [1.82, 2.24) is 9.78 Å². The van der Waals surface area contributed by atoms with E-state index in [2.05, 4.69) is 5.10 Å². The van der Waals surface area contributed by atoms with Crippen LogP contribution in [0.1, 0.15) is 32.6 Å². The highest BCUT2D eigenvalue weighted by atomic mass is 35.5. The molecule has 11 heteroatoms. The Morgan fingerprint density at radius 1 is 1.15 bits per heavy atom. The van der Waals surface area contributed by atoms with Gasteiger partial charge in [-0.2, -0.15) is 5.10 Å². The number of benzene rings is 3. The van der Waals surface area contributed by atoms with E-state index in [0.717, 1.165) is 22.6 Å². The Hall–Kier alpha value is -4.02. The van der Waals surface area contributed by atoms with E-state index in [4.69, 9.17) is 22.1 Å². The number of para-hydroxylation sites is 1. The van der Waals surface area contributed by atoms with Crippen LogP contribution in [0, 0.1) is 18.6 Å². The number of nitrogens with zero attached hydrogens (tertiary/aromatic N) is 2. The number of carbonyl (C=O) groups excluding carboxylic acids is 1. The fourth-order valence-electron chi connectivity index (χ4n) is 4.53. The van der Waals surface area contributed by atoms with Crippen molar-refractivity contribution < 1.29 is 26.7 Å². The number of halogens is 3. The first-order chi connectivity index (χ1) is 18.4. The lowest BCUT2D eigenvalue weighted by Gasteiger charge is -2.13. The van der Waals surface area contributed by atoms with Crippen LogP contribution in [0.4, 0.5) is 14.6 Å². The molecule has 7 nitrogen and oxygen atoms in total. The second-order valence-corrected chi connectivity index (χ2v) is 11.9. The van der Waals surface area contributed by atoms with Gasteiger partial charge in [-0.15, -0.1) is 0 Å². The summed E-state index contributed by atoms with van der Waals surface area (Å²) in [4.78, 5) is 13.4. The smallest absolute Gasteiger partial charge is 0.194 e. The Bertz CT molecular complexity index is 1780. The maximum absolute atomic E-state index is 15.2. The van der Waals surface area contributed by atoms with Crippen LogP contribution in [-0.2, 0) is 22.0 Å². The minimum Gasteiger partial charge on any atom is -0.454 e. The summed E-state index contributed by atoms with van der Waals surface area (Å²) in [7, 11) is -3.30. The predicted octanol–water partition coefficient (Wildman–Crippen LogP) is 5.85. The minimum atomic E-state index is -3.30. The molecule has 0 atom stereocenters. The summed E-state index contributed by atoms with van der Waals surface area (Å²) < 4.78 is 59.3. The van der Waals surface area contributed by atoms with Crippen LogP contribution in [0.5, 0.6) is 11.5 Å². The third-order valence-electron chi connectivity index (χ3n) is 6.28. The van der Waals surface area contributed by atoms with E-state index >= 15 is 4.39 Å². The third-order valence-corrected chi connectivity index (χ3v) is 7.47. The normalized spacial score (nSPS) is 12.8. The zero-order valence-corrected chi connectivity index (χ0v) is 22.4. The van der Waals surface area contributed by atoms with Crippen LogP contribution in [0.3, 0.4) is 0 Å². The van der Waals surface area contributed by atoms with Crippen molar-refractivity contribution in [3.05, 3.63) is 105 Å². The van der Waals surface area contributed by atoms with Crippen LogP contribution >= 0.6 is 11.6 Å². The number of hydrogen-bond acceptors (Lipinski definition) is 6. The van der Waals surface area contributed by atoms with Crippen molar-refractivity contribution in [2.24, 2.45) is 0 Å². The van der Waals surface area contributed by atoms with Gasteiger partial charge in [-0.25, -0.2) is 21.9 Å². The lowest BCUT2D eigenvalue weighted by atomic mass is 10.0. The molecule has 1 aliphatic rings. The molecule has 0 aliphatic heterocycles. The molecule has 0 fully saturated rings. The molecule has 0 spiro atoms. The van der Waals surface area contributed by atoms with Gasteiger partial charge in [0.1, 0.15) is 17.3 Å². The number of allylic oxidation sites excluding steroid dienone is 1. The molecule has 1 heterocycles. The second-order valence-electron chi connectivity index (χ2n) is 9.35. The predicted molar refractivity (Wildman–Crippen MR) is 145 cm³/mol. The zero-order valence-electron chi connectivity index (χ0n) is 20.8. The number of fused-ring (bicyclic) bond motifs is 1. The Labute approximate surface area is 228 Å². The zero-order chi connectivity index (χ0) is 28.1. The molecule has 0 bridgehead atoms. The summed E-state index contributed by atoms with van der Waals surface area (Å²) in [5, 5.41) is 4.46. The van der Waals surface area contributed by atoms with E-state index in [-0.39, 0.29) is 40.7 Å². The van der Waals surface area contributed by atoms with Crippen LogP contribution in [-0.4, -0.2) is 30.2 Å². The first-order valence-electron chi connectivity index (χ1n) is 11.7. The number of hydrogen-bond donors (Lipinski definition) is 1. The molecule has 2 N–H and O–H groups in total. The third kappa shape index (κ3) is 5.30. The molecule has 1 aliphatic carbocycles. The lowest BCUT2D eigenvalue weighted by Crippen LogP contribution is -2.10. The molecule has 39 heavy (non-hydrogen) atoms. The number of nitrogen functional groups attached to an aromatic ring is 1. The molecule has 3 aromatic carbocycles. The highest BCUT2D eigenvalue weighted by Crippen LogP contribution is 2.35. The maximum Gasteiger partial charge on any atom is 0.194 e. The van der Waals surface area contributed by atoms with Crippen LogP contribution in [0.15, 0.2) is 60.3 Å². The van der Waals surface area contributed by atoms with Gasteiger partial charge < -0.3 is 10.5 Å². The van der Waals surface area contributed by atoms with Gasteiger partial charge in [0.2, 0.25) is 0 Å². The molecular formula is C28H22ClF2N3O4S. The first-order valence-corrected chi connectivity index (χ1v) is 14.2. The maximum atomic E-state index is 15.2. The van der Waals surface area contributed by atoms with Crippen molar-refractivity contribution in [2.75, 3.05) is 12.0 Å². The van der Waals surface area contributed by atoms with Crippen LogP contribution < -0.4 is 10.5 Å². The van der Waals surface area contributed by atoms with Crippen molar-refractivity contribution in [3.63, 3.8) is 0 Å². The quantitative estimate of drug-likeness (QED) is 0.280. The summed E-state index contributed by atoms with van der Waals surface area (Å²) in [6.45, 7) is 1.61. The minimum absolute atomic E-state index is 0.0216. The number of sulfone groups is 1. The van der Waals surface area contributed by atoms with E-state index in [0.29, 0.717) is 27.3 Å². The largest absolute Gasteiger partial charge is 0.454 e. The number of ether oxygens (including phenoxy) is 1. The lowest BCUT2D eigenvalue weighted by molar-refractivity contribution is 0.103. The number of rotatable bonds is 7. The van der Waals surface area contributed by atoms with Gasteiger partial charge in [0.25, 0.3) is 0 Å². The van der Waals surface area contributed by atoms with Gasteiger partial charge in [-0.3, -0.25) is 4.79 Å². The van der Waals surface area contributed by atoms with E-state index in [9.17, 15) is 17.6 Å². The molecule has 0 saturated carbocycles. The topological polar surface area (TPSA) is 104 Å². The van der Waals surface area contributed by atoms with Gasteiger partial charge in [0.05, 0.1) is 17.5 Å². The van der Waals surface area contributed by atoms with Gasteiger partial charge in [-0.1, -0.05) is 29.8 Å². The van der Waals surface area contributed by atoms with Crippen molar-refractivity contribution in [1.29, 1.82) is 0 Å². The number of aryl methyl sites for hydroxylation is 1. The summed E-state index contributed by atoms with van der Waals surface area (Å²) in [5.41, 5.74) is 9.11. The average Bonchev–Trinajstić information content (AvgIpc) is 3.42. The Kier molecular flexibility index (Phi) is 6.77. The van der Waals surface area contributed by atoms with Crippen molar-refractivity contribution >= 4 is 39.1 Å². The summed E-state index contributed by atoms with van der Waals surface area (Å²) in [6.07, 6.45) is 4.32. The molecule has 0 saturated heterocycles. The summed E-state index contributed by atoms with van der Waals surface area (Å²) >= 11 is 6.27. The number of nitrogens with two attached hydrogens (primary N) is 1. The monoisotopic (exact) mass is 569 g/mol. The SMILES string of the molecule is Cc1cc(Oc2ccccc2F)cc(F)c1-n1ncc(C(=O)C2=Cc3cc(Cl)c(CS(C)(=O)=O)cc3C2)c1N. The van der Waals surface area contributed by atoms with Gasteiger partial charge in [0.15, 0.2) is 33.0 Å². The number of aromatic nitrogens is 2. The van der Waals surface area contributed by atoms with E-state index in [1.54, 1.807) is 31.2 Å². The van der Waals surface area contributed by atoms with Gasteiger partial charge in [0, 0.05) is 29.3 Å². The highest BCUT2D eigenvalue weighted by molar-refractivity contribution is 7.89. The van der Waals surface area contributed by atoms with E-state index < -0.39 is 27.3 Å². The highest BCUT2D eigenvalue weighted by Gasteiger charge is 2.26. The molecule has 5 rings (SSSR count). The first kappa shape index (κ1) is 26.6. The fourth-order valence-corrected chi connectivity index (χ4v) is 5.65. The number of ketones is 1. The molecule has 4 aromatic rings. The van der Waals surface area contributed by atoms with Crippen molar-refractivity contribution in [2.45, 2.75) is 19.1 Å². The van der Waals surface area contributed by atoms with Gasteiger partial charge in [-0.05, 0) is 59.5 Å². The average molecular weight is 570 g/mol. The van der Waals surface area contributed by atoms with E-state index in [1.807, 2.05) is 0 Å². The summed E-state index contributed by atoms with van der Waals surface area (Å²) in [5.74, 6) is -1.94. The standard InChI is InChI=1S/C28H22ClF2N3O4S/c1-15-7-20(38-25-6-4-3-5-23(25)30)12-24(31)26(15)34-28(32)21(13-33-34)27(35)18-8-16-10-19(14-39(2,36)37)22(29)11-17(16)9-18/h3-7,9-13H,8,14,32H2,1-2H3. The fraction of sp³-hybridized carbons (Fsp3) is 0.143. The van der Waals surface area contributed by atoms with Gasteiger partial charge >= 0.3 is 0 Å². The molecular weight excluding hydrogens is 548 g/mol. The number of carbonyl (C=O) groups is 1. The molecule has 200 valence electrons. The van der Waals surface area contributed by atoms with E-state index in [1.165, 1.54) is 30.5 Å². The van der Waals surface area contributed by atoms with Crippen LogP contribution in [0.2, 0.25) is 5.02 Å². The Morgan fingerprint density at radius 3 is 2.59 bits per heavy atom. The second kappa shape index (κ2) is 9.94. The van der Waals surface area contributed by atoms with Crippen molar-refractivity contribution in [3.8, 4) is 17.2 Å². The summed E-state index contributed by atoms with van der Waals surface area (Å²) in [6, 6.07) is 11.7. The molecule has 1 aromatic heterocycles. The molecule has 0 unspecified atom stereocenters. The number of anilines is 1. The Morgan fingerprint density at radius 2 is 1.90 bits per heavy atom. The molecule has 0 radical (unpaired) electrons. The van der Waals surface area contributed by atoms with Crippen LogP contribution in [0.25, 0.3) is 11.8 Å². The molecule has 0 amide bonds.